The van der Waals surface area contributed by atoms with Crippen LogP contribution in [0.3, 0.4) is 0 Å². The van der Waals surface area contributed by atoms with Gasteiger partial charge in [0, 0.05) is 55.0 Å². The molecular formula is C28H26FN5O3S. The normalized spacial score (nSPS) is 20.3. The van der Waals surface area contributed by atoms with Crippen LogP contribution >= 0.6 is 11.3 Å². The lowest BCUT2D eigenvalue weighted by Gasteiger charge is -2.21. The monoisotopic (exact) mass is 531 g/mol. The fraction of sp³-hybridized carbons (Fsp3) is 0.321. The van der Waals surface area contributed by atoms with Gasteiger partial charge in [0.05, 0.1) is 17.1 Å². The van der Waals surface area contributed by atoms with Crippen LogP contribution in [0.2, 0.25) is 0 Å². The number of thiazole rings is 1. The third-order valence-corrected chi connectivity index (χ3v) is 8.13. The second kappa shape index (κ2) is 9.21. The van der Waals surface area contributed by atoms with Crippen LogP contribution in [0.25, 0.3) is 22.1 Å². The van der Waals surface area contributed by atoms with Gasteiger partial charge in [-0.3, -0.25) is 4.79 Å². The molecule has 1 unspecified atom stereocenters. The number of aromatic nitrogens is 4. The summed E-state index contributed by atoms with van der Waals surface area (Å²) in [5.74, 6) is 1.22. The van der Waals surface area contributed by atoms with Crippen molar-refractivity contribution in [1.82, 2.24) is 24.8 Å². The van der Waals surface area contributed by atoms with Gasteiger partial charge in [0.15, 0.2) is 10.8 Å². The molecule has 0 radical (unpaired) electrons. The highest BCUT2D eigenvalue weighted by Crippen LogP contribution is 2.49. The maximum atomic E-state index is 13.4. The molecule has 6 rings (SSSR count). The molecule has 1 saturated heterocycles. The number of benzene rings is 1. The van der Waals surface area contributed by atoms with E-state index in [0.717, 1.165) is 5.56 Å². The maximum Gasteiger partial charge on any atom is 0.265 e. The van der Waals surface area contributed by atoms with Crippen molar-refractivity contribution in [3.05, 3.63) is 76.9 Å². The number of aryl methyl sites for hydroxylation is 1. The number of carbonyl (C=O) groups is 1. The number of rotatable bonds is 6. The highest BCUT2D eigenvalue weighted by Gasteiger charge is 2.59. The summed E-state index contributed by atoms with van der Waals surface area (Å²) < 4.78 is 19.8. The van der Waals surface area contributed by atoms with E-state index in [0.29, 0.717) is 51.6 Å². The second-order valence-corrected chi connectivity index (χ2v) is 11.3. The number of hydrogen-bond acceptors (Lipinski definition) is 8. The van der Waals surface area contributed by atoms with Gasteiger partial charge in [0.1, 0.15) is 28.1 Å². The Morgan fingerprint density at radius 2 is 1.79 bits per heavy atom. The lowest BCUT2D eigenvalue weighted by molar-refractivity contribution is 0.0724. The van der Waals surface area contributed by atoms with Crippen molar-refractivity contribution in [2.45, 2.75) is 32.5 Å². The third-order valence-electron chi connectivity index (χ3n) is 6.99. The van der Waals surface area contributed by atoms with Gasteiger partial charge in [0.2, 0.25) is 0 Å². The van der Waals surface area contributed by atoms with Gasteiger partial charge in [-0.25, -0.2) is 24.3 Å². The molecule has 194 valence electrons. The van der Waals surface area contributed by atoms with Crippen LogP contribution in [0.4, 0.5) is 4.39 Å². The van der Waals surface area contributed by atoms with Gasteiger partial charge < -0.3 is 14.7 Å². The molecule has 8 nitrogen and oxygen atoms in total. The van der Waals surface area contributed by atoms with Crippen LogP contribution in [-0.4, -0.2) is 55.0 Å². The maximum absolute atomic E-state index is 13.4. The zero-order chi connectivity index (χ0) is 26.6. The first-order chi connectivity index (χ1) is 18.2. The summed E-state index contributed by atoms with van der Waals surface area (Å²) in [6.07, 6.45) is 3.29. The third kappa shape index (κ3) is 4.65. The molecule has 38 heavy (non-hydrogen) atoms. The van der Waals surface area contributed by atoms with Gasteiger partial charge >= 0.3 is 0 Å². The van der Waals surface area contributed by atoms with E-state index in [1.54, 1.807) is 50.5 Å². The van der Waals surface area contributed by atoms with Crippen LogP contribution < -0.4 is 4.74 Å². The van der Waals surface area contributed by atoms with Gasteiger partial charge in [-0.2, -0.15) is 0 Å². The topological polar surface area (TPSA) is 101 Å². The quantitative estimate of drug-likeness (QED) is 0.391. The number of hydrogen-bond donors (Lipinski definition) is 1. The first-order valence-corrected chi connectivity index (χ1v) is 13.2. The van der Waals surface area contributed by atoms with Gasteiger partial charge in [-0.1, -0.05) is 0 Å². The van der Waals surface area contributed by atoms with E-state index in [-0.39, 0.29) is 29.7 Å². The summed E-state index contributed by atoms with van der Waals surface area (Å²) >= 11 is 1.32. The number of fused-ring (bicyclic) bond motifs is 1. The molecular weight excluding hydrogens is 505 g/mol. The number of piperidine rings is 1. The van der Waals surface area contributed by atoms with E-state index in [2.05, 4.69) is 19.9 Å². The van der Waals surface area contributed by atoms with Crippen LogP contribution in [0, 0.1) is 24.6 Å². The number of likely N-dealkylation sites (tertiary alicyclic amines) is 1. The standard InChI is InChI=1S/C28H26FN5O3S/c1-15-24(38-26(32-15)25-30-9-4-10-31-25)27(35)34-13-19-20(14-34)23(19)37-18-11-21(16-5-7-17(29)8-6-16)33-22(12-18)28(2,3)36/h4-12,19-20,23,36H,13-14H2,1-3H3/t19-,20+,23?. The summed E-state index contributed by atoms with van der Waals surface area (Å²) in [5, 5.41) is 11.2. The zero-order valence-corrected chi connectivity index (χ0v) is 21.9. The Kier molecular flexibility index (Phi) is 5.96. The minimum Gasteiger partial charge on any atom is -0.490 e. The van der Waals surface area contributed by atoms with Crippen LogP contribution in [0.1, 0.15) is 34.9 Å². The Morgan fingerprint density at radius 1 is 1.11 bits per heavy atom. The highest BCUT2D eigenvalue weighted by atomic mass is 32.1. The highest BCUT2D eigenvalue weighted by molar-refractivity contribution is 7.17. The van der Waals surface area contributed by atoms with Gasteiger partial charge in [0.25, 0.3) is 5.91 Å². The van der Waals surface area contributed by atoms with Crippen molar-refractivity contribution in [3.63, 3.8) is 0 Å². The van der Waals surface area contributed by atoms with Crippen molar-refractivity contribution in [2.75, 3.05) is 13.1 Å². The largest absolute Gasteiger partial charge is 0.490 e. The van der Waals surface area contributed by atoms with Crippen molar-refractivity contribution < 1.29 is 19.0 Å². The fourth-order valence-corrected chi connectivity index (χ4v) is 5.85. The smallest absolute Gasteiger partial charge is 0.265 e. The number of carbonyl (C=O) groups excluding carboxylic acids is 1. The second-order valence-electron chi connectivity index (χ2n) is 10.3. The van der Waals surface area contributed by atoms with Crippen LogP contribution in [0.15, 0.2) is 54.9 Å². The summed E-state index contributed by atoms with van der Waals surface area (Å²) in [7, 11) is 0. The molecule has 3 aromatic heterocycles. The number of halogens is 1. The minimum atomic E-state index is -1.17. The van der Waals surface area contributed by atoms with Gasteiger partial charge in [-0.15, -0.1) is 11.3 Å². The molecule has 1 N–H and O–H groups in total. The Balaban J connectivity index is 1.16. The summed E-state index contributed by atoms with van der Waals surface area (Å²) in [6, 6.07) is 11.4. The number of pyridine rings is 1. The van der Waals surface area contributed by atoms with Crippen molar-refractivity contribution in [3.8, 4) is 27.8 Å². The van der Waals surface area contributed by atoms with E-state index < -0.39 is 5.60 Å². The predicted octanol–water partition coefficient (Wildman–Crippen LogP) is 4.49. The average molecular weight is 532 g/mol. The SMILES string of the molecule is Cc1nc(-c2ncccn2)sc1C(=O)N1C[C@@H]2C(Oc3cc(-c4ccc(F)cc4)nc(C(C)(C)O)c3)[C@@H]2C1. The van der Waals surface area contributed by atoms with Crippen LogP contribution in [-0.2, 0) is 5.60 Å². The molecule has 4 aromatic rings. The molecule has 10 heteroatoms. The first-order valence-electron chi connectivity index (χ1n) is 12.4. The number of amides is 1. The molecule has 0 spiro atoms. The number of aliphatic hydroxyl groups is 1. The molecule has 3 atom stereocenters. The summed E-state index contributed by atoms with van der Waals surface area (Å²) in [4.78, 5) is 33.3. The van der Waals surface area contributed by atoms with E-state index in [9.17, 15) is 14.3 Å². The molecule has 0 bridgehead atoms. The number of nitrogens with zero attached hydrogens (tertiary/aromatic N) is 5. The summed E-state index contributed by atoms with van der Waals surface area (Å²) in [6.45, 7) is 6.38. The predicted molar refractivity (Wildman–Crippen MR) is 140 cm³/mol. The Bertz CT molecular complexity index is 1490. The summed E-state index contributed by atoms with van der Waals surface area (Å²) in [5.41, 5.74) is 1.31. The van der Waals surface area contributed by atoms with Gasteiger partial charge in [-0.05, 0) is 51.1 Å². The zero-order valence-electron chi connectivity index (χ0n) is 21.1. The average Bonchev–Trinajstić information content (AvgIpc) is 3.22. The van der Waals surface area contributed by atoms with Crippen molar-refractivity contribution in [2.24, 2.45) is 11.8 Å². The molecule has 1 aliphatic carbocycles. The lowest BCUT2D eigenvalue weighted by atomic mass is 10.0. The Hall–Kier alpha value is -3.76. The molecule has 2 aliphatic rings. The molecule has 1 amide bonds. The number of ether oxygens (including phenoxy) is 1. The minimum absolute atomic E-state index is 0.0204. The van der Waals surface area contributed by atoms with E-state index in [4.69, 9.17) is 4.74 Å². The Morgan fingerprint density at radius 3 is 2.45 bits per heavy atom. The molecule has 1 saturated carbocycles. The van der Waals surface area contributed by atoms with Crippen LogP contribution in [0.5, 0.6) is 5.75 Å². The van der Waals surface area contributed by atoms with E-state index >= 15 is 0 Å². The van der Waals surface area contributed by atoms with E-state index in [1.807, 2.05) is 17.9 Å². The first kappa shape index (κ1) is 24.6. The Labute approximate surface area is 223 Å². The lowest BCUT2D eigenvalue weighted by Crippen LogP contribution is -2.33. The molecule has 1 aliphatic heterocycles. The fourth-order valence-electron chi connectivity index (χ4n) is 4.87. The molecule has 4 heterocycles. The van der Waals surface area contributed by atoms with Crippen molar-refractivity contribution in [1.29, 1.82) is 0 Å². The molecule has 2 fully saturated rings. The molecule has 1 aromatic carbocycles. The van der Waals surface area contributed by atoms with E-state index in [1.165, 1.54) is 23.5 Å². The van der Waals surface area contributed by atoms with Crippen molar-refractivity contribution >= 4 is 17.2 Å².